The fraction of sp³-hybridized carbons (Fsp3) is 0.894. The second-order valence-electron chi connectivity index (χ2n) is 25.0. The van der Waals surface area contributed by atoms with Crippen LogP contribution in [0.25, 0.3) is 0 Å². The molecule has 18 unspecified atom stereocenters. The van der Waals surface area contributed by atoms with Crippen molar-refractivity contribution < 1.29 is 104 Å². The maximum Gasteiger partial charge on any atom is 0.364 e. The Morgan fingerprint density at radius 3 is 1.57 bits per heavy atom. The first-order valence-electron chi connectivity index (χ1n) is 34.2. The average molecular weight is 1280 g/mol. The van der Waals surface area contributed by atoms with Gasteiger partial charge in [-0.3, -0.25) is 9.59 Å². The fourth-order valence-electron chi connectivity index (χ4n) is 11.9. The van der Waals surface area contributed by atoms with Gasteiger partial charge in [0.15, 0.2) is 12.6 Å². The van der Waals surface area contributed by atoms with E-state index in [4.69, 9.17) is 28.4 Å². The third-order valence-corrected chi connectivity index (χ3v) is 17.4. The van der Waals surface area contributed by atoms with E-state index < -0.39 is 148 Å². The predicted molar refractivity (Wildman–Crippen MR) is 334 cm³/mol. The average Bonchev–Trinajstić information content (AvgIpc) is 1.46. The van der Waals surface area contributed by atoms with E-state index in [9.17, 15) is 75.7 Å². The molecule has 23 nitrogen and oxygen atoms in total. The Kier molecular flexibility index (Phi) is 42.6. The molecule has 0 aromatic rings. The summed E-state index contributed by atoms with van der Waals surface area (Å²) in [5.41, 5.74) is 0. The summed E-state index contributed by atoms with van der Waals surface area (Å²) in [7, 11) is 0. The van der Waals surface area contributed by atoms with E-state index in [2.05, 4.69) is 48.8 Å². The number of carboxylic acid groups (broad SMARTS) is 1. The summed E-state index contributed by atoms with van der Waals surface area (Å²) >= 11 is 0. The van der Waals surface area contributed by atoms with Crippen molar-refractivity contribution in [3.8, 4) is 0 Å². The van der Waals surface area contributed by atoms with Crippen molar-refractivity contribution in [2.75, 3.05) is 26.4 Å². The lowest BCUT2D eigenvalue weighted by molar-refractivity contribution is -0.386. The third kappa shape index (κ3) is 30.0. The molecule has 0 saturated carbocycles. The van der Waals surface area contributed by atoms with Gasteiger partial charge in [0.1, 0.15) is 67.1 Å². The number of aliphatic hydroxyl groups excluding tert-OH is 11. The monoisotopic (exact) mass is 1280 g/mol. The number of carbonyl (C=O) groups excluding carboxylic acids is 2. The molecule has 18 atom stereocenters. The topological polar surface area (TPSA) is 373 Å². The molecule has 2 amide bonds. The van der Waals surface area contributed by atoms with Gasteiger partial charge in [-0.05, 0) is 44.9 Å². The van der Waals surface area contributed by atoms with Crippen molar-refractivity contribution in [1.29, 1.82) is 0 Å². The van der Waals surface area contributed by atoms with Crippen molar-refractivity contribution >= 4 is 17.8 Å². The number of rotatable bonds is 51. The van der Waals surface area contributed by atoms with E-state index in [-0.39, 0.29) is 18.9 Å². The molecule has 89 heavy (non-hydrogen) atoms. The molecule has 3 rings (SSSR count). The number of hydrogen-bond acceptors (Lipinski definition) is 20. The molecule has 3 fully saturated rings. The quantitative estimate of drug-likeness (QED) is 0.0257. The highest BCUT2D eigenvalue weighted by molar-refractivity contribution is 5.77. The zero-order chi connectivity index (χ0) is 65.4. The molecule has 3 saturated heterocycles. The Bertz CT molecular complexity index is 1900. The van der Waals surface area contributed by atoms with Gasteiger partial charge in [0.25, 0.3) is 5.79 Å². The van der Waals surface area contributed by atoms with E-state index >= 15 is 0 Å². The van der Waals surface area contributed by atoms with Crippen LogP contribution in [0.15, 0.2) is 24.3 Å². The molecule has 0 aromatic carbocycles. The normalized spacial score (nSPS) is 28.9. The minimum atomic E-state index is -3.08. The van der Waals surface area contributed by atoms with Crippen LogP contribution in [-0.2, 0) is 42.8 Å². The molecule has 3 aliphatic rings. The zero-order valence-electron chi connectivity index (χ0n) is 54.0. The summed E-state index contributed by atoms with van der Waals surface area (Å²) in [6.45, 7) is 2.18. The Labute approximate surface area is 530 Å². The first kappa shape index (κ1) is 80.4. The van der Waals surface area contributed by atoms with Crippen LogP contribution in [0.5, 0.6) is 0 Å². The Morgan fingerprint density at radius 2 is 1.08 bits per heavy atom. The molecule has 0 spiro atoms. The van der Waals surface area contributed by atoms with E-state index in [1.165, 1.54) is 103 Å². The SMILES string of the molecule is CCCCCCCCCCC/C=C\C/C=C\CCCCCCCCCC(=O)NC(COC1OC(CO)C(OC2OC(CO)C(O)C(OC3(C(=O)O)CC(O)C(NC(C)=O)C(C(O)C(O)CO)O3)C2O)C(O)C1O)C(O)CCCCCCCCCCCCCC. The summed E-state index contributed by atoms with van der Waals surface area (Å²) in [6, 6.07) is -2.53. The number of carbonyl (C=O) groups is 3. The molecule has 23 heteroatoms. The first-order chi connectivity index (χ1) is 42.9. The highest BCUT2D eigenvalue weighted by Crippen LogP contribution is 2.39. The van der Waals surface area contributed by atoms with Crippen molar-refractivity contribution in [3.63, 3.8) is 0 Å². The van der Waals surface area contributed by atoms with Crippen LogP contribution in [0.3, 0.4) is 0 Å². The van der Waals surface area contributed by atoms with Crippen LogP contribution in [-0.4, -0.2) is 215 Å². The van der Waals surface area contributed by atoms with E-state index in [0.29, 0.717) is 19.3 Å². The lowest BCUT2D eigenvalue weighted by Crippen LogP contribution is -2.70. The molecular formula is C66H120N2O21. The Morgan fingerprint density at radius 1 is 0.584 bits per heavy atom. The number of unbranched alkanes of at least 4 members (excludes halogenated alkanes) is 27. The van der Waals surface area contributed by atoms with Crippen LogP contribution in [0, 0.1) is 0 Å². The highest BCUT2D eigenvalue weighted by Gasteiger charge is 2.60. The maximum atomic E-state index is 13.4. The van der Waals surface area contributed by atoms with Crippen LogP contribution >= 0.6 is 0 Å². The molecule has 14 N–H and O–H groups in total. The fourth-order valence-corrected chi connectivity index (χ4v) is 11.9. The number of aliphatic hydroxyl groups is 11. The summed E-state index contributed by atoms with van der Waals surface area (Å²) < 4.78 is 34.8. The van der Waals surface area contributed by atoms with Crippen molar-refractivity contribution in [1.82, 2.24) is 10.6 Å². The van der Waals surface area contributed by atoms with Crippen LogP contribution in [0.2, 0.25) is 0 Å². The lowest BCUT2D eigenvalue weighted by Gasteiger charge is -2.50. The summed E-state index contributed by atoms with van der Waals surface area (Å²) in [6.07, 6.45) is 16.2. The molecule has 0 radical (unpaired) electrons. The first-order valence-corrected chi connectivity index (χ1v) is 34.2. The second-order valence-corrected chi connectivity index (χ2v) is 25.0. The van der Waals surface area contributed by atoms with Crippen molar-refractivity contribution in [3.05, 3.63) is 24.3 Å². The molecule has 0 aromatic heterocycles. The number of nitrogens with one attached hydrogen (secondary N) is 2. The maximum absolute atomic E-state index is 13.4. The standard InChI is InChI=1S/C66H120N2O21/c1-4-6-8-10-12-14-16-18-19-20-21-22-23-24-25-26-27-28-30-32-34-36-38-40-53(76)68-47(48(73)39-37-35-33-31-29-17-15-13-11-9-7-5-2)45-84-63-58(80)57(79)60(52(44-71)86-63)87-64-59(81)62(56(78)51(43-70)85-64)89-66(65(82)83)41-49(74)54(67-46(3)72)61(88-66)55(77)50(75)42-69/h21-22,24-25,47-52,54-64,69-71,73-75,77-81H,4-20,23,26-45H2,1-3H3,(H,67,72)(H,68,76)(H,82,83)/b22-21-,25-24-. The van der Waals surface area contributed by atoms with Gasteiger partial charge in [-0.25, -0.2) is 4.79 Å². The van der Waals surface area contributed by atoms with E-state index in [1.807, 2.05) is 0 Å². The largest absolute Gasteiger partial charge is 0.477 e. The second kappa shape index (κ2) is 47.1. The van der Waals surface area contributed by atoms with Crippen LogP contribution < -0.4 is 10.6 Å². The van der Waals surface area contributed by atoms with Gasteiger partial charge in [0.05, 0.1) is 50.7 Å². The lowest BCUT2D eigenvalue weighted by atomic mass is 9.88. The Balaban J connectivity index is 1.58. The smallest absolute Gasteiger partial charge is 0.364 e. The molecule has 3 heterocycles. The summed E-state index contributed by atoms with van der Waals surface area (Å²) in [4.78, 5) is 38.5. The summed E-state index contributed by atoms with van der Waals surface area (Å²) in [5, 5.41) is 136. The van der Waals surface area contributed by atoms with Crippen LogP contribution in [0.4, 0.5) is 0 Å². The van der Waals surface area contributed by atoms with Gasteiger partial charge >= 0.3 is 5.97 Å². The molecule has 3 aliphatic heterocycles. The van der Waals surface area contributed by atoms with Gasteiger partial charge in [0.2, 0.25) is 11.8 Å². The number of hydrogen-bond donors (Lipinski definition) is 14. The number of ether oxygens (including phenoxy) is 6. The molecular weight excluding hydrogens is 1160 g/mol. The number of aliphatic carboxylic acids is 1. The third-order valence-electron chi connectivity index (χ3n) is 17.4. The van der Waals surface area contributed by atoms with Crippen molar-refractivity contribution in [2.45, 2.75) is 349 Å². The van der Waals surface area contributed by atoms with Gasteiger partial charge in [-0.2, -0.15) is 0 Å². The van der Waals surface area contributed by atoms with Crippen LogP contribution in [0.1, 0.15) is 239 Å². The van der Waals surface area contributed by atoms with Gasteiger partial charge < -0.3 is 100 Å². The number of allylic oxidation sites excluding steroid dienone is 4. The van der Waals surface area contributed by atoms with Crippen molar-refractivity contribution in [2.24, 2.45) is 0 Å². The minimum Gasteiger partial charge on any atom is -0.477 e. The zero-order valence-corrected chi connectivity index (χ0v) is 54.0. The highest BCUT2D eigenvalue weighted by atomic mass is 16.8. The van der Waals surface area contributed by atoms with E-state index in [1.54, 1.807) is 0 Å². The van der Waals surface area contributed by atoms with Gasteiger partial charge in [0, 0.05) is 19.8 Å². The minimum absolute atomic E-state index is 0.214. The predicted octanol–water partition coefficient (Wildman–Crippen LogP) is 5.67. The van der Waals surface area contributed by atoms with E-state index in [0.717, 1.165) is 90.4 Å². The Hall–Kier alpha value is -2.79. The molecule has 0 bridgehead atoms. The number of amides is 2. The number of carboxylic acids is 1. The molecule has 0 aliphatic carbocycles. The summed E-state index contributed by atoms with van der Waals surface area (Å²) in [5.74, 6) is -6.11. The van der Waals surface area contributed by atoms with Gasteiger partial charge in [-0.15, -0.1) is 0 Å². The van der Waals surface area contributed by atoms with Gasteiger partial charge in [-0.1, -0.05) is 199 Å². The molecule has 520 valence electrons.